The molecule has 0 aliphatic carbocycles. The molecule has 5 nitrogen and oxygen atoms in total. The monoisotopic (exact) mass is 606 g/mol. The maximum absolute atomic E-state index is 13.2. The van der Waals surface area contributed by atoms with Gasteiger partial charge in [-0.3, -0.25) is 0 Å². The van der Waals surface area contributed by atoms with Crippen LogP contribution >= 0.6 is 0 Å². The summed E-state index contributed by atoms with van der Waals surface area (Å²) in [5.41, 5.74) is 2.95. The third-order valence-corrected chi connectivity index (χ3v) is 10.9. The second-order valence-electron chi connectivity index (χ2n) is 10.6. The minimum Gasteiger partial charge on any atom is -0.494 e. The second-order valence-corrected chi connectivity index (χ2v) is 14.5. The van der Waals surface area contributed by atoms with Gasteiger partial charge in [-0.05, 0) is 102 Å². The zero-order valence-corrected chi connectivity index (χ0v) is 27.1. The predicted octanol–water partition coefficient (Wildman–Crippen LogP) is 8.45. The van der Waals surface area contributed by atoms with Crippen molar-refractivity contribution < 1.29 is 21.6 Å². The Hall–Kier alpha value is -3.42. The highest BCUT2D eigenvalue weighted by atomic mass is 32.2. The van der Waals surface area contributed by atoms with Crippen LogP contribution in [0.5, 0.6) is 5.75 Å². The molecule has 0 spiro atoms. The Kier molecular flexibility index (Phi) is 11.2. The van der Waals surface area contributed by atoms with Crippen LogP contribution in [0.3, 0.4) is 0 Å². The highest BCUT2D eigenvalue weighted by molar-refractivity contribution is 7.91. The van der Waals surface area contributed by atoms with Crippen molar-refractivity contribution in [2.75, 3.05) is 6.61 Å². The van der Waals surface area contributed by atoms with Crippen LogP contribution in [-0.4, -0.2) is 23.4 Å². The van der Waals surface area contributed by atoms with Gasteiger partial charge in [-0.2, -0.15) is 0 Å². The molecule has 0 saturated heterocycles. The Balaban J connectivity index is 0.00000237. The summed E-state index contributed by atoms with van der Waals surface area (Å²) in [5.74, 6) is 0.642. The predicted molar refractivity (Wildman–Crippen MR) is 170 cm³/mol. The Labute approximate surface area is 252 Å². The van der Waals surface area contributed by atoms with E-state index in [1.165, 1.54) is 0 Å². The van der Waals surface area contributed by atoms with E-state index in [0.29, 0.717) is 18.8 Å². The summed E-state index contributed by atoms with van der Waals surface area (Å²) in [6, 6.07) is 27.2. The fourth-order valence-corrected chi connectivity index (χ4v) is 6.83. The molecule has 0 amide bonds. The topological polar surface area (TPSA) is 77.5 Å². The number of ether oxygens (including phenoxy) is 1. The van der Waals surface area contributed by atoms with E-state index in [2.05, 4.69) is 20.8 Å². The third-order valence-electron chi connectivity index (χ3n) is 7.31. The van der Waals surface area contributed by atoms with Crippen molar-refractivity contribution in [3.8, 4) is 5.75 Å². The molecule has 7 heteroatoms. The average molecular weight is 607 g/mol. The number of hydrogen-bond donors (Lipinski definition) is 0. The molecular weight excluding hydrogens is 565 g/mol. The van der Waals surface area contributed by atoms with Crippen molar-refractivity contribution in [3.63, 3.8) is 0 Å². The van der Waals surface area contributed by atoms with Crippen LogP contribution in [0.15, 0.2) is 117 Å². The van der Waals surface area contributed by atoms with Crippen LogP contribution in [0.25, 0.3) is 0 Å². The first-order valence-corrected chi connectivity index (χ1v) is 17.5. The summed E-state index contributed by atoms with van der Waals surface area (Å²) in [4.78, 5) is 0.944. The van der Waals surface area contributed by atoms with Crippen molar-refractivity contribution in [3.05, 3.63) is 114 Å². The van der Waals surface area contributed by atoms with Gasteiger partial charge in [0.1, 0.15) is 5.75 Å². The molecule has 0 aliphatic rings. The number of rotatable bonds is 11. The molecule has 0 saturated carbocycles. The van der Waals surface area contributed by atoms with Crippen molar-refractivity contribution in [1.82, 2.24) is 0 Å². The highest BCUT2D eigenvalue weighted by Gasteiger charge is 2.22. The van der Waals surface area contributed by atoms with Crippen LogP contribution in [0, 0.1) is 0 Å². The van der Waals surface area contributed by atoms with E-state index in [1.54, 1.807) is 84.9 Å². The lowest BCUT2D eigenvalue weighted by atomic mass is 9.82. The normalized spacial score (nSPS) is 11.9. The number of benzene rings is 4. The minimum absolute atomic E-state index is 0.0126. The van der Waals surface area contributed by atoms with E-state index >= 15 is 0 Å². The Morgan fingerprint density at radius 2 is 0.929 bits per heavy atom. The van der Waals surface area contributed by atoms with Gasteiger partial charge in [-0.1, -0.05) is 77.9 Å². The zero-order chi connectivity index (χ0) is 31.0. The first-order chi connectivity index (χ1) is 20.0. The second kappa shape index (κ2) is 14.2. The number of hydrogen-bond acceptors (Lipinski definition) is 5. The Morgan fingerprint density at radius 1 is 0.571 bits per heavy atom. The standard InChI is InChI=1S/C33H36O5S2.C2H6/c1-5-23-38-28-13-21-32(22-14-28)40(36,37)30-17-9-26(10-18-30)24-25-7-15-29(16-8-25)39(34,35)31-19-11-27(12-20-31)33(3,4)6-2;1-2/h7-22H,5-6,23-24H2,1-4H3;1-2H3. The van der Waals surface area contributed by atoms with Gasteiger partial charge in [-0.25, -0.2) is 16.8 Å². The van der Waals surface area contributed by atoms with E-state index in [-0.39, 0.29) is 25.0 Å². The summed E-state index contributed by atoms with van der Waals surface area (Å²) in [7, 11) is -7.28. The van der Waals surface area contributed by atoms with Gasteiger partial charge in [0.25, 0.3) is 0 Å². The van der Waals surface area contributed by atoms with E-state index in [9.17, 15) is 16.8 Å². The highest BCUT2D eigenvalue weighted by Crippen LogP contribution is 2.29. The van der Waals surface area contributed by atoms with Crippen molar-refractivity contribution in [2.45, 2.75) is 85.8 Å². The van der Waals surface area contributed by atoms with Crippen molar-refractivity contribution in [1.29, 1.82) is 0 Å². The van der Waals surface area contributed by atoms with Gasteiger partial charge in [0.2, 0.25) is 19.7 Å². The van der Waals surface area contributed by atoms with E-state index in [4.69, 9.17) is 4.74 Å². The quantitative estimate of drug-likeness (QED) is 0.171. The van der Waals surface area contributed by atoms with Gasteiger partial charge in [-0.15, -0.1) is 0 Å². The average Bonchev–Trinajstić information content (AvgIpc) is 3.02. The van der Waals surface area contributed by atoms with E-state index in [0.717, 1.165) is 29.5 Å². The molecule has 0 N–H and O–H groups in total. The molecule has 0 radical (unpaired) electrons. The summed E-state index contributed by atoms with van der Waals surface area (Å²) in [5, 5.41) is 0. The van der Waals surface area contributed by atoms with Gasteiger partial charge in [0, 0.05) is 0 Å². The minimum atomic E-state index is -3.65. The molecule has 224 valence electrons. The summed E-state index contributed by atoms with van der Waals surface area (Å²) in [6.45, 7) is 13.0. The van der Waals surface area contributed by atoms with Gasteiger partial charge in [0.05, 0.1) is 26.2 Å². The Morgan fingerprint density at radius 3 is 1.29 bits per heavy atom. The summed E-state index contributed by atoms with van der Waals surface area (Å²) < 4.78 is 58.0. The van der Waals surface area contributed by atoms with Crippen LogP contribution < -0.4 is 4.74 Å². The molecule has 4 aromatic carbocycles. The van der Waals surface area contributed by atoms with Gasteiger partial charge < -0.3 is 4.74 Å². The van der Waals surface area contributed by atoms with Crippen LogP contribution in [0.2, 0.25) is 0 Å². The summed E-state index contributed by atoms with van der Waals surface area (Å²) >= 11 is 0. The first kappa shape index (κ1) is 33.1. The Bertz CT molecular complexity index is 1640. The molecule has 0 bridgehead atoms. The van der Waals surface area contributed by atoms with Crippen molar-refractivity contribution >= 4 is 19.7 Å². The third kappa shape index (κ3) is 7.69. The smallest absolute Gasteiger partial charge is 0.206 e. The van der Waals surface area contributed by atoms with Crippen LogP contribution in [0.4, 0.5) is 0 Å². The molecule has 0 unspecified atom stereocenters. The molecule has 4 rings (SSSR count). The zero-order valence-electron chi connectivity index (χ0n) is 25.4. The lowest BCUT2D eigenvalue weighted by Gasteiger charge is -2.23. The van der Waals surface area contributed by atoms with Crippen LogP contribution in [0.1, 0.15) is 71.1 Å². The van der Waals surface area contributed by atoms with E-state index < -0.39 is 19.7 Å². The van der Waals surface area contributed by atoms with Gasteiger partial charge in [0.15, 0.2) is 0 Å². The van der Waals surface area contributed by atoms with Crippen LogP contribution in [-0.2, 0) is 31.5 Å². The number of sulfone groups is 2. The largest absolute Gasteiger partial charge is 0.494 e. The van der Waals surface area contributed by atoms with E-state index in [1.807, 2.05) is 32.9 Å². The lowest BCUT2D eigenvalue weighted by Crippen LogP contribution is -2.15. The maximum atomic E-state index is 13.2. The fraction of sp³-hybridized carbons (Fsp3) is 0.314. The molecule has 0 fully saturated rings. The SMILES string of the molecule is CC.CCCOc1ccc(S(=O)(=O)c2ccc(Cc3ccc(S(=O)(=O)c4ccc(C(C)(C)CC)cc4)cc3)cc2)cc1. The maximum Gasteiger partial charge on any atom is 0.206 e. The molecule has 4 aromatic rings. The fourth-order valence-electron chi connectivity index (χ4n) is 4.31. The molecule has 42 heavy (non-hydrogen) atoms. The lowest BCUT2D eigenvalue weighted by molar-refractivity contribution is 0.317. The first-order valence-electron chi connectivity index (χ1n) is 14.5. The molecule has 0 atom stereocenters. The van der Waals surface area contributed by atoms with Crippen molar-refractivity contribution in [2.24, 2.45) is 0 Å². The molecule has 0 aromatic heterocycles. The summed E-state index contributed by atoms with van der Waals surface area (Å²) in [6.07, 6.45) is 2.38. The molecule has 0 heterocycles. The van der Waals surface area contributed by atoms with Gasteiger partial charge >= 0.3 is 0 Å². The molecule has 0 aliphatic heterocycles. The molecular formula is C35H42O5S2.